The monoisotopic (exact) mass is 328 g/mol. The van der Waals surface area contributed by atoms with E-state index in [9.17, 15) is 4.79 Å². The van der Waals surface area contributed by atoms with Crippen LogP contribution in [0.25, 0.3) is 11.4 Å². The first-order valence-corrected chi connectivity index (χ1v) is 8.08. The van der Waals surface area contributed by atoms with Crippen molar-refractivity contribution in [3.63, 3.8) is 0 Å². The molecule has 1 atom stereocenters. The fourth-order valence-electron chi connectivity index (χ4n) is 2.18. The number of benzene rings is 1. The number of hydrogen-bond acceptors (Lipinski definition) is 6. The van der Waals surface area contributed by atoms with E-state index in [-0.39, 0.29) is 11.8 Å². The number of anilines is 1. The average molecular weight is 328 g/mol. The molecule has 0 aliphatic heterocycles. The molecule has 1 amide bonds. The zero-order chi connectivity index (χ0) is 16.2. The van der Waals surface area contributed by atoms with Gasteiger partial charge in [0, 0.05) is 17.1 Å². The Morgan fingerprint density at radius 2 is 2.04 bits per heavy atom. The summed E-state index contributed by atoms with van der Waals surface area (Å²) in [6, 6.07) is 8.99. The standard InChI is InChI=1S/C15H16N6OS/c1-10(2)12(14(22)17-15-16-8-9-23-15)21-19-13(18-20-21)11-6-4-3-5-7-11/h3-10,12H,1-2H3,(H,16,17,22). The lowest BCUT2D eigenvalue weighted by Gasteiger charge is -2.17. The zero-order valence-corrected chi connectivity index (χ0v) is 13.6. The smallest absolute Gasteiger partial charge is 0.253 e. The number of tetrazole rings is 1. The van der Waals surface area contributed by atoms with Crippen LogP contribution in [0.5, 0.6) is 0 Å². The van der Waals surface area contributed by atoms with Crippen LogP contribution < -0.4 is 5.32 Å². The molecule has 1 unspecified atom stereocenters. The van der Waals surface area contributed by atoms with Crippen LogP contribution in [0, 0.1) is 5.92 Å². The molecule has 0 saturated heterocycles. The number of thiazole rings is 1. The summed E-state index contributed by atoms with van der Waals surface area (Å²) in [5, 5.41) is 17.6. The maximum Gasteiger partial charge on any atom is 0.253 e. The van der Waals surface area contributed by atoms with Crippen molar-refractivity contribution in [2.45, 2.75) is 19.9 Å². The number of nitrogens with one attached hydrogen (secondary N) is 1. The predicted molar refractivity (Wildman–Crippen MR) is 87.9 cm³/mol. The third kappa shape index (κ3) is 3.42. The van der Waals surface area contributed by atoms with Crippen LogP contribution in [0.3, 0.4) is 0 Å². The molecule has 0 saturated carbocycles. The van der Waals surface area contributed by atoms with Crippen LogP contribution in [0.15, 0.2) is 41.9 Å². The Kier molecular flexibility index (Phi) is 4.42. The van der Waals surface area contributed by atoms with E-state index in [1.165, 1.54) is 16.1 Å². The van der Waals surface area contributed by atoms with Crippen molar-refractivity contribution in [2.75, 3.05) is 5.32 Å². The fraction of sp³-hybridized carbons (Fsp3) is 0.267. The molecule has 118 valence electrons. The third-order valence-corrected chi connectivity index (χ3v) is 3.96. The lowest BCUT2D eigenvalue weighted by atomic mass is 10.0. The van der Waals surface area contributed by atoms with Gasteiger partial charge in [0.2, 0.25) is 5.82 Å². The van der Waals surface area contributed by atoms with Gasteiger partial charge < -0.3 is 5.32 Å². The number of carbonyl (C=O) groups excluding carboxylic acids is 1. The Balaban J connectivity index is 1.84. The molecule has 3 aromatic rings. The molecule has 0 aliphatic carbocycles. The number of aromatic nitrogens is 5. The molecule has 2 heterocycles. The Hall–Kier alpha value is -2.61. The quantitative estimate of drug-likeness (QED) is 0.778. The summed E-state index contributed by atoms with van der Waals surface area (Å²) in [6.07, 6.45) is 1.64. The van der Waals surface area contributed by atoms with E-state index >= 15 is 0 Å². The predicted octanol–water partition coefficient (Wildman–Crippen LogP) is 2.63. The largest absolute Gasteiger partial charge is 0.300 e. The van der Waals surface area contributed by atoms with E-state index in [1.807, 2.05) is 44.2 Å². The highest BCUT2D eigenvalue weighted by molar-refractivity contribution is 7.13. The van der Waals surface area contributed by atoms with Crippen molar-refractivity contribution in [1.82, 2.24) is 25.2 Å². The van der Waals surface area contributed by atoms with Crippen LogP contribution in [0.2, 0.25) is 0 Å². The first-order valence-electron chi connectivity index (χ1n) is 7.20. The fourth-order valence-corrected chi connectivity index (χ4v) is 2.72. The number of amides is 1. The molecule has 1 aromatic carbocycles. The Morgan fingerprint density at radius 1 is 1.26 bits per heavy atom. The Bertz CT molecular complexity index is 768. The molecule has 3 rings (SSSR count). The minimum absolute atomic E-state index is 0.00721. The molecule has 1 N–H and O–H groups in total. The van der Waals surface area contributed by atoms with Gasteiger partial charge in [-0.15, -0.1) is 21.5 Å². The molecule has 0 spiro atoms. The van der Waals surface area contributed by atoms with Crippen LogP contribution in [0.1, 0.15) is 19.9 Å². The molecule has 0 bridgehead atoms. The molecule has 2 aromatic heterocycles. The van der Waals surface area contributed by atoms with Gasteiger partial charge in [-0.3, -0.25) is 4.79 Å². The topological polar surface area (TPSA) is 85.6 Å². The van der Waals surface area contributed by atoms with E-state index in [2.05, 4.69) is 25.7 Å². The number of nitrogens with zero attached hydrogens (tertiary/aromatic N) is 5. The molecule has 0 aliphatic rings. The molecule has 0 fully saturated rings. The van der Waals surface area contributed by atoms with Gasteiger partial charge in [0.05, 0.1) is 0 Å². The first-order chi connectivity index (χ1) is 11.1. The molecule has 8 heteroatoms. The van der Waals surface area contributed by atoms with Crippen molar-refractivity contribution in [2.24, 2.45) is 5.92 Å². The van der Waals surface area contributed by atoms with E-state index in [0.29, 0.717) is 11.0 Å². The highest BCUT2D eigenvalue weighted by Crippen LogP contribution is 2.21. The van der Waals surface area contributed by atoms with Gasteiger partial charge >= 0.3 is 0 Å². The van der Waals surface area contributed by atoms with Crippen molar-refractivity contribution < 1.29 is 4.79 Å². The maximum absolute atomic E-state index is 12.5. The van der Waals surface area contributed by atoms with Gasteiger partial charge in [0.1, 0.15) is 0 Å². The minimum atomic E-state index is -0.552. The lowest BCUT2D eigenvalue weighted by Crippen LogP contribution is -2.31. The van der Waals surface area contributed by atoms with Crippen molar-refractivity contribution in [3.05, 3.63) is 41.9 Å². The zero-order valence-electron chi connectivity index (χ0n) is 12.7. The summed E-state index contributed by atoms with van der Waals surface area (Å²) in [7, 11) is 0. The number of rotatable bonds is 5. The van der Waals surface area contributed by atoms with E-state index in [4.69, 9.17) is 0 Å². The van der Waals surface area contributed by atoms with Crippen molar-refractivity contribution in [1.29, 1.82) is 0 Å². The molecular formula is C15H16N6OS. The third-order valence-electron chi connectivity index (χ3n) is 3.27. The summed E-state index contributed by atoms with van der Waals surface area (Å²) in [5.74, 6) is 0.304. The number of carbonyl (C=O) groups is 1. The van der Waals surface area contributed by atoms with Crippen molar-refractivity contribution >= 4 is 22.4 Å². The first kappa shape index (κ1) is 15.3. The van der Waals surface area contributed by atoms with E-state index < -0.39 is 6.04 Å². The second kappa shape index (κ2) is 6.66. The van der Waals surface area contributed by atoms with Crippen LogP contribution in [0.4, 0.5) is 5.13 Å². The highest BCUT2D eigenvalue weighted by atomic mass is 32.1. The van der Waals surface area contributed by atoms with Crippen LogP contribution in [-0.4, -0.2) is 31.1 Å². The van der Waals surface area contributed by atoms with Gasteiger partial charge in [0.25, 0.3) is 5.91 Å². The van der Waals surface area contributed by atoms with Gasteiger partial charge in [0.15, 0.2) is 11.2 Å². The lowest BCUT2D eigenvalue weighted by molar-refractivity contribution is -0.121. The summed E-state index contributed by atoms with van der Waals surface area (Å²) < 4.78 is 0. The number of hydrogen-bond donors (Lipinski definition) is 1. The van der Waals surface area contributed by atoms with Crippen LogP contribution in [-0.2, 0) is 4.79 Å². The van der Waals surface area contributed by atoms with Gasteiger partial charge in [-0.2, -0.15) is 4.80 Å². The summed E-state index contributed by atoms with van der Waals surface area (Å²) >= 11 is 1.37. The maximum atomic E-state index is 12.5. The van der Waals surface area contributed by atoms with Gasteiger partial charge in [-0.1, -0.05) is 44.2 Å². The molecular weight excluding hydrogens is 312 g/mol. The van der Waals surface area contributed by atoms with Crippen LogP contribution >= 0.6 is 11.3 Å². The average Bonchev–Trinajstić information content (AvgIpc) is 3.20. The molecule has 0 radical (unpaired) electrons. The summed E-state index contributed by atoms with van der Waals surface area (Å²) in [6.45, 7) is 3.88. The Morgan fingerprint density at radius 3 is 2.70 bits per heavy atom. The SMILES string of the molecule is CC(C)C(C(=O)Nc1nccs1)n1nnc(-c2ccccc2)n1. The molecule has 7 nitrogen and oxygen atoms in total. The van der Waals surface area contributed by atoms with Gasteiger partial charge in [-0.05, 0) is 11.1 Å². The summed E-state index contributed by atoms with van der Waals surface area (Å²) in [5.41, 5.74) is 0.863. The van der Waals surface area contributed by atoms with E-state index in [1.54, 1.807) is 11.6 Å². The normalized spacial score (nSPS) is 12.3. The minimum Gasteiger partial charge on any atom is -0.300 e. The highest BCUT2D eigenvalue weighted by Gasteiger charge is 2.27. The molecule has 23 heavy (non-hydrogen) atoms. The van der Waals surface area contributed by atoms with Gasteiger partial charge in [-0.25, -0.2) is 4.98 Å². The second-order valence-corrected chi connectivity index (χ2v) is 6.21. The Labute approximate surface area is 137 Å². The second-order valence-electron chi connectivity index (χ2n) is 5.31. The summed E-state index contributed by atoms with van der Waals surface area (Å²) in [4.78, 5) is 18.0. The van der Waals surface area contributed by atoms with E-state index in [0.717, 1.165) is 5.56 Å². The van der Waals surface area contributed by atoms with Crippen molar-refractivity contribution in [3.8, 4) is 11.4 Å².